The van der Waals surface area contributed by atoms with E-state index < -0.39 is 52.2 Å². The largest absolute Gasteiger partial charge is 1.00 e. The third-order valence-corrected chi connectivity index (χ3v) is 23.8. The van der Waals surface area contributed by atoms with Crippen LogP contribution in [0.5, 0.6) is 51.7 Å². The zero-order chi connectivity index (χ0) is 106. The summed E-state index contributed by atoms with van der Waals surface area (Å²) in [6, 6.07) is 78.2. The van der Waals surface area contributed by atoms with Gasteiger partial charge >= 0.3 is 101 Å². The Hall–Kier alpha value is -13.7. The number of hydrogen-bond acceptors (Lipinski definition) is 33. The fraction of sp³-hybridized carbons (Fsp3) is 0.327. The summed E-state index contributed by atoms with van der Waals surface area (Å²) in [6.07, 6.45) is 7.56. The summed E-state index contributed by atoms with van der Waals surface area (Å²) < 4.78 is 58.6. The molecule has 781 valence electrons. The molecule has 0 atom stereocenters. The molecule has 4 saturated heterocycles. The zero-order valence-electron chi connectivity index (χ0n) is 86.5. The summed E-state index contributed by atoms with van der Waals surface area (Å²) in [5, 5.41) is 45.5. The molecular formula is C110H129BFN10Na2O25. The number of rotatable bonds is 22. The third kappa shape index (κ3) is 39.1. The predicted molar refractivity (Wildman–Crippen MR) is 556 cm³/mol. The zero-order valence-corrected chi connectivity index (χ0v) is 90.5. The second-order valence-corrected chi connectivity index (χ2v) is 33.9. The van der Waals surface area contributed by atoms with Crippen molar-refractivity contribution in [3.8, 4) is 51.7 Å². The minimum atomic E-state index is -0.969. The van der Waals surface area contributed by atoms with E-state index in [2.05, 4.69) is 200 Å². The number of para-hydroxylation sites is 3. The van der Waals surface area contributed by atoms with Gasteiger partial charge < -0.3 is 97.6 Å². The molecule has 11 aromatic carbocycles. The number of halogens is 1. The number of aromatic carboxylic acids is 1. The van der Waals surface area contributed by atoms with Gasteiger partial charge in [-0.3, -0.25) is 39.3 Å². The van der Waals surface area contributed by atoms with Crippen LogP contribution in [0.2, 0.25) is 0 Å². The number of nitro groups is 1. The molecule has 0 amide bonds. The first-order valence-corrected chi connectivity index (χ1v) is 47.6. The first kappa shape index (κ1) is 124. The second-order valence-electron chi connectivity index (χ2n) is 33.9. The molecule has 6 aliphatic heterocycles. The van der Waals surface area contributed by atoms with Crippen LogP contribution >= 0.6 is 0 Å². The number of anilines is 6. The number of Topliss-reactive ketones (excluding diaryl/α,β-unsaturated/α-hetero) is 1. The van der Waals surface area contributed by atoms with E-state index in [1.165, 1.54) is 94.0 Å². The molecule has 149 heavy (non-hydrogen) atoms. The number of phenolic OH excluding ortho intramolecular Hbond substituents is 2. The summed E-state index contributed by atoms with van der Waals surface area (Å²) >= 11 is 0. The minimum Gasteiger partial charge on any atom is -0.870 e. The maximum atomic E-state index is 12.8. The Kier molecular flexibility index (Phi) is 54.3. The molecule has 6 aliphatic rings. The Morgan fingerprint density at radius 3 is 1.13 bits per heavy atom. The number of nitrogens with zero attached hydrogens (tertiary/aromatic N) is 7. The van der Waals surface area contributed by atoms with Gasteiger partial charge in [-0.15, -0.1) is 0 Å². The number of carboxylic acids is 1. The van der Waals surface area contributed by atoms with Gasteiger partial charge in [0.2, 0.25) is 11.8 Å². The Labute approximate surface area is 913 Å². The molecule has 3 radical (unpaired) electrons. The number of carbonyl (C=O) groups is 8. The molecule has 39 heteroatoms. The smallest absolute Gasteiger partial charge is 0.870 e. The fourth-order valence-electron chi connectivity index (χ4n) is 16.5. The SMILES string of the molecule is CC(=O)OOC(C)=O.CCNCC.COC(=O)c1ccc(N)c(O)c1.COC(=O)c1ccc(NC2CCN(Cc3ccccc3)CC2)c(O)c1.COC(=O)c1ccc2c(c1)Oc1c(OC)cccc1N2C1CCN(Cc2ccccc2)CC1.COc1cccc(F)c1[N+](=O)[O-].COc1cccc2c1Oc1cc(C(=O)O)ccc1N2C1CCN(Cc2ccccc2)CC1.O=C1CCN(Cc2ccccc2)CC1.[B-]OC(C)=O.[Na+].[Na+].[OH-]. The van der Waals surface area contributed by atoms with Gasteiger partial charge in [0.1, 0.15) is 17.3 Å². The van der Waals surface area contributed by atoms with Gasteiger partial charge in [-0.25, -0.2) is 38.5 Å². The van der Waals surface area contributed by atoms with Crippen LogP contribution in [0.1, 0.15) is 150 Å². The molecule has 4 fully saturated rings. The molecule has 0 spiro atoms. The Morgan fingerprint density at radius 2 is 0.792 bits per heavy atom. The van der Waals surface area contributed by atoms with Crippen LogP contribution in [0.4, 0.5) is 44.2 Å². The second kappa shape index (κ2) is 65.2. The van der Waals surface area contributed by atoms with E-state index in [-0.39, 0.29) is 111 Å². The number of benzene rings is 11. The molecular weight excluding hydrogens is 1940 g/mol. The molecule has 0 bridgehead atoms. The molecule has 11 aromatic rings. The van der Waals surface area contributed by atoms with Crippen molar-refractivity contribution < 1.29 is 180 Å². The molecule has 8 N–H and O–H groups in total. The number of aromatic hydroxyl groups is 2. The van der Waals surface area contributed by atoms with Gasteiger partial charge in [0, 0.05) is 130 Å². The Balaban J connectivity index is 0.000000272. The summed E-state index contributed by atoms with van der Waals surface area (Å²) in [5.74, 6) is -0.800. The van der Waals surface area contributed by atoms with Crippen LogP contribution in [0.15, 0.2) is 249 Å². The van der Waals surface area contributed by atoms with Crippen LogP contribution in [0, 0.1) is 15.9 Å². The number of carboxylic acid groups (broad SMARTS) is 1. The number of ketones is 1. The number of methoxy groups -OCH3 is 6. The maximum absolute atomic E-state index is 12.8. The summed E-state index contributed by atoms with van der Waals surface area (Å²) in [4.78, 5) is 118. The van der Waals surface area contributed by atoms with Crippen molar-refractivity contribution in [2.24, 2.45) is 0 Å². The standard InChI is InChI=1S/C27H28N2O4.C26H26N2O4.C20H24N2O3.C12H15NO.C8H9NO3.C7H6FNO3.C4H11N.C4H6O4.C2H3BO2.2Na.H2O/c1-31-24-10-6-9-23-26(24)33-25-17-20(27(30)32-2)11-12-22(25)29(23)21-13-15-28(16-14-21)18-19-7-4-3-5-8-19;1-31-23-9-5-8-22-25(23)32-24-16-19(26(29)30)10-11-21(24)28(22)20-12-14-27(15-13-20)17-18-6-3-2-4-7-18;1-25-20(24)16-7-8-18(19(23)13-16)21-17-9-11-22(12-10-17)14-15-5-3-2-4-6-15;14-12-6-8-13(9-7-12)10-11-4-2-1-3-5-11;1-12-8(11)5-2-3-6(9)7(10)4-5;1-12-6-4-2-3-5(8)7(6)9(10)11;1-3-5-4-2;1-3(5)7-8-4(2)6;1-2(4)5-3;;;/h3-12,17,21H,13-16,18H2,1-2H3;2-11,16,20H,12-15,17H2,1H3,(H,29,30);2-8,13,17,21,23H,9-12,14H2,1H3;1-5H,6-10H2;2-4,10H,9H2,1H3;2-4H,1H3;5H,3-4H2,1-2H3;1-2H3;1H3;;;1H2/q;;;;;;;;-1;2*+1;/p-1. The molecule has 17 rings (SSSR count). The van der Waals surface area contributed by atoms with Crippen molar-refractivity contribution in [1.82, 2.24) is 24.9 Å². The quantitative estimate of drug-likeness (QED) is 0.00536. The number of hydrogen-bond donors (Lipinski definition) is 6. The van der Waals surface area contributed by atoms with Gasteiger partial charge in [0.15, 0.2) is 40.2 Å². The van der Waals surface area contributed by atoms with Crippen LogP contribution in [0.25, 0.3) is 0 Å². The predicted octanol–water partition coefficient (Wildman–Crippen LogP) is 12.4. The average Bonchev–Trinajstić information content (AvgIpc) is 0.766. The fourth-order valence-corrected chi connectivity index (χ4v) is 16.5. The number of nitro benzene ring substituents is 1. The first-order valence-electron chi connectivity index (χ1n) is 47.6. The maximum Gasteiger partial charge on any atom is 1.00 e. The third-order valence-electron chi connectivity index (χ3n) is 23.8. The van der Waals surface area contributed by atoms with Gasteiger partial charge in [-0.05, 0) is 183 Å². The van der Waals surface area contributed by atoms with Crippen LogP contribution in [-0.4, -0.2) is 227 Å². The van der Waals surface area contributed by atoms with Crippen LogP contribution in [0.3, 0.4) is 0 Å². The van der Waals surface area contributed by atoms with Crippen molar-refractivity contribution in [2.75, 3.05) is 129 Å². The van der Waals surface area contributed by atoms with Crippen molar-refractivity contribution in [3.05, 3.63) is 309 Å². The number of nitrogens with two attached hydrogens (primary N) is 1. The van der Waals surface area contributed by atoms with Crippen molar-refractivity contribution in [3.63, 3.8) is 0 Å². The van der Waals surface area contributed by atoms with Gasteiger partial charge in [-0.1, -0.05) is 153 Å². The van der Waals surface area contributed by atoms with Crippen LogP contribution < -0.4 is 109 Å². The number of likely N-dealkylation sites (tertiary alicyclic amines) is 4. The number of piperidine rings is 4. The number of phenols is 2. The molecule has 0 unspecified atom stereocenters. The van der Waals surface area contributed by atoms with E-state index in [1.54, 1.807) is 50.6 Å². The molecule has 0 aliphatic carbocycles. The van der Waals surface area contributed by atoms with Gasteiger partial charge in [-0.2, -0.15) is 4.39 Å². The summed E-state index contributed by atoms with van der Waals surface area (Å²) in [6.45, 7) is 21.7. The Bertz CT molecular complexity index is 6050. The number of ether oxygens (including phenoxy) is 8. The van der Waals surface area contributed by atoms with Crippen LogP contribution in [-0.2, 0) is 74.0 Å². The number of carbonyl (C=O) groups excluding carboxylic acids is 7. The van der Waals surface area contributed by atoms with E-state index >= 15 is 0 Å². The monoisotopic (exact) mass is 2070 g/mol. The van der Waals surface area contributed by atoms with E-state index in [9.17, 15) is 63.1 Å². The van der Waals surface area contributed by atoms with Gasteiger partial charge in [0.05, 0.1) is 104 Å². The Morgan fingerprint density at radius 1 is 0.450 bits per heavy atom. The first-order chi connectivity index (χ1) is 70.4. The normalized spacial score (nSPS) is 13.8. The van der Waals surface area contributed by atoms with Crippen molar-refractivity contribution in [1.29, 1.82) is 0 Å². The molecule has 0 aromatic heterocycles. The van der Waals surface area contributed by atoms with Crippen molar-refractivity contribution >= 4 is 95.4 Å². The summed E-state index contributed by atoms with van der Waals surface area (Å²) in [5.41, 5.74) is 16.1. The number of fused-ring (bicyclic) bond motifs is 4. The number of esters is 3. The van der Waals surface area contributed by atoms with E-state index in [1.807, 2.05) is 60.7 Å². The summed E-state index contributed by atoms with van der Waals surface area (Å²) in [7, 11) is 12.8. The van der Waals surface area contributed by atoms with E-state index in [0.29, 0.717) is 69.2 Å². The van der Waals surface area contributed by atoms with Crippen molar-refractivity contribution in [2.45, 2.75) is 130 Å². The van der Waals surface area contributed by atoms with E-state index in [0.717, 1.165) is 186 Å². The van der Waals surface area contributed by atoms with E-state index in [4.69, 9.17) is 34.5 Å². The average molecular weight is 2070 g/mol. The number of nitrogens with one attached hydrogen (secondary N) is 2. The molecule has 0 saturated carbocycles. The minimum absolute atomic E-state index is 0. The topological polar surface area (TPSA) is 441 Å². The van der Waals surface area contributed by atoms with Gasteiger partial charge in [0.25, 0.3) is 0 Å². The number of nitrogen functional groups attached to an aromatic ring is 1. The molecule has 35 nitrogen and oxygen atoms in total. The molecule has 6 heterocycles.